The second-order valence-corrected chi connectivity index (χ2v) is 5.07. The van der Waals surface area contributed by atoms with Gasteiger partial charge in [-0.15, -0.1) is 0 Å². The highest BCUT2D eigenvalue weighted by Crippen LogP contribution is 2.18. The van der Waals surface area contributed by atoms with Gasteiger partial charge < -0.3 is 4.74 Å². The SMILES string of the molecule is CCC(C)n1ccc(CC(NN)C2CCCO2)n1. The summed E-state index contributed by atoms with van der Waals surface area (Å²) in [4.78, 5) is 0. The summed E-state index contributed by atoms with van der Waals surface area (Å²) in [7, 11) is 0. The zero-order chi connectivity index (χ0) is 13.0. The van der Waals surface area contributed by atoms with Gasteiger partial charge in [0.15, 0.2) is 0 Å². The smallest absolute Gasteiger partial charge is 0.0746 e. The maximum absolute atomic E-state index is 5.68. The van der Waals surface area contributed by atoms with E-state index < -0.39 is 0 Å². The van der Waals surface area contributed by atoms with Gasteiger partial charge in [-0.2, -0.15) is 5.10 Å². The van der Waals surface area contributed by atoms with Crippen molar-refractivity contribution in [3.05, 3.63) is 18.0 Å². The average molecular weight is 252 g/mol. The Hall–Kier alpha value is -0.910. The molecule has 1 aromatic rings. The molecular formula is C13H24N4O. The van der Waals surface area contributed by atoms with Crippen molar-refractivity contribution < 1.29 is 4.74 Å². The van der Waals surface area contributed by atoms with Gasteiger partial charge in [0.2, 0.25) is 0 Å². The Labute approximate surface area is 109 Å². The molecule has 0 amide bonds. The van der Waals surface area contributed by atoms with Crippen molar-refractivity contribution in [2.75, 3.05) is 6.61 Å². The monoisotopic (exact) mass is 252 g/mol. The normalized spacial score (nSPS) is 23.2. The summed E-state index contributed by atoms with van der Waals surface area (Å²) in [5.74, 6) is 5.63. The van der Waals surface area contributed by atoms with E-state index in [2.05, 4.69) is 30.4 Å². The largest absolute Gasteiger partial charge is 0.377 e. The maximum Gasteiger partial charge on any atom is 0.0746 e. The fourth-order valence-corrected chi connectivity index (χ4v) is 2.36. The number of hydrogen-bond donors (Lipinski definition) is 2. The van der Waals surface area contributed by atoms with Crippen molar-refractivity contribution in [3.63, 3.8) is 0 Å². The van der Waals surface area contributed by atoms with E-state index in [1.54, 1.807) is 0 Å². The number of aromatic nitrogens is 2. The Bertz CT molecular complexity index is 360. The number of nitrogens with two attached hydrogens (primary N) is 1. The van der Waals surface area contributed by atoms with E-state index >= 15 is 0 Å². The van der Waals surface area contributed by atoms with Crippen LogP contribution in [0.5, 0.6) is 0 Å². The average Bonchev–Trinajstić information content (AvgIpc) is 3.05. The minimum atomic E-state index is 0.160. The minimum Gasteiger partial charge on any atom is -0.377 e. The van der Waals surface area contributed by atoms with E-state index in [1.807, 2.05) is 10.9 Å². The molecule has 102 valence electrons. The third-order valence-electron chi connectivity index (χ3n) is 3.76. The van der Waals surface area contributed by atoms with Crippen molar-refractivity contribution >= 4 is 0 Å². The molecule has 1 aromatic heterocycles. The zero-order valence-corrected chi connectivity index (χ0v) is 11.3. The first-order valence-corrected chi connectivity index (χ1v) is 6.86. The van der Waals surface area contributed by atoms with Crippen molar-refractivity contribution in [1.29, 1.82) is 0 Å². The Balaban J connectivity index is 1.96. The molecule has 0 saturated carbocycles. The highest BCUT2D eigenvalue weighted by atomic mass is 16.5. The van der Waals surface area contributed by atoms with Crippen LogP contribution in [0.15, 0.2) is 12.3 Å². The zero-order valence-electron chi connectivity index (χ0n) is 11.3. The Morgan fingerprint density at radius 1 is 1.67 bits per heavy atom. The number of nitrogens with zero attached hydrogens (tertiary/aromatic N) is 2. The highest BCUT2D eigenvalue weighted by molar-refractivity contribution is 5.03. The molecular weight excluding hydrogens is 228 g/mol. The summed E-state index contributed by atoms with van der Waals surface area (Å²) < 4.78 is 7.70. The summed E-state index contributed by atoms with van der Waals surface area (Å²) in [6.45, 7) is 5.20. The van der Waals surface area contributed by atoms with E-state index in [-0.39, 0.29) is 12.1 Å². The van der Waals surface area contributed by atoms with Gasteiger partial charge in [-0.3, -0.25) is 16.0 Å². The van der Waals surface area contributed by atoms with Crippen LogP contribution < -0.4 is 11.3 Å². The molecule has 1 aliphatic rings. The standard InChI is InChI=1S/C13H24N4O/c1-3-10(2)17-7-6-11(16-17)9-12(15-14)13-5-4-8-18-13/h6-7,10,12-13,15H,3-5,8-9,14H2,1-2H3. The number of hydrazine groups is 1. The molecule has 1 fully saturated rings. The molecule has 0 bridgehead atoms. The van der Waals surface area contributed by atoms with E-state index in [1.165, 1.54) is 0 Å². The van der Waals surface area contributed by atoms with Gasteiger partial charge in [-0.1, -0.05) is 6.92 Å². The summed E-state index contributed by atoms with van der Waals surface area (Å²) in [6.07, 6.45) is 6.40. The van der Waals surface area contributed by atoms with Crippen LogP contribution in [-0.4, -0.2) is 28.5 Å². The lowest BCUT2D eigenvalue weighted by molar-refractivity contribution is 0.0781. The summed E-state index contributed by atoms with van der Waals surface area (Å²) in [5.41, 5.74) is 3.95. The van der Waals surface area contributed by atoms with Crippen LogP contribution in [-0.2, 0) is 11.2 Å². The quantitative estimate of drug-likeness (QED) is 0.593. The van der Waals surface area contributed by atoms with Gasteiger partial charge in [-0.25, -0.2) is 0 Å². The van der Waals surface area contributed by atoms with Gasteiger partial charge in [-0.05, 0) is 32.3 Å². The lowest BCUT2D eigenvalue weighted by Gasteiger charge is -2.21. The molecule has 5 heteroatoms. The summed E-state index contributed by atoms with van der Waals surface area (Å²) in [6, 6.07) is 2.68. The second-order valence-electron chi connectivity index (χ2n) is 5.07. The Kier molecular flexibility index (Phi) is 4.74. The molecule has 3 N–H and O–H groups in total. The van der Waals surface area contributed by atoms with E-state index in [0.717, 1.165) is 38.0 Å². The molecule has 3 atom stereocenters. The third kappa shape index (κ3) is 3.10. The van der Waals surface area contributed by atoms with Gasteiger partial charge in [0.25, 0.3) is 0 Å². The van der Waals surface area contributed by atoms with Crippen LogP contribution in [0.2, 0.25) is 0 Å². The molecule has 3 unspecified atom stereocenters. The number of rotatable bonds is 6. The second kappa shape index (κ2) is 6.31. The molecule has 0 spiro atoms. The van der Waals surface area contributed by atoms with Crippen molar-refractivity contribution in [1.82, 2.24) is 15.2 Å². The van der Waals surface area contributed by atoms with Gasteiger partial charge >= 0.3 is 0 Å². The fourth-order valence-electron chi connectivity index (χ4n) is 2.36. The van der Waals surface area contributed by atoms with Crippen LogP contribution in [0.25, 0.3) is 0 Å². The topological polar surface area (TPSA) is 65.1 Å². The lowest BCUT2D eigenvalue weighted by atomic mass is 10.0. The minimum absolute atomic E-state index is 0.160. The molecule has 5 nitrogen and oxygen atoms in total. The fraction of sp³-hybridized carbons (Fsp3) is 0.769. The molecule has 0 aromatic carbocycles. The van der Waals surface area contributed by atoms with Crippen LogP contribution in [0.3, 0.4) is 0 Å². The first-order valence-electron chi connectivity index (χ1n) is 6.86. The summed E-state index contributed by atoms with van der Waals surface area (Å²) in [5, 5.41) is 4.61. The highest BCUT2D eigenvalue weighted by Gasteiger charge is 2.25. The maximum atomic E-state index is 5.68. The Morgan fingerprint density at radius 2 is 2.50 bits per heavy atom. The van der Waals surface area contributed by atoms with Crippen LogP contribution in [0, 0.1) is 0 Å². The molecule has 18 heavy (non-hydrogen) atoms. The van der Waals surface area contributed by atoms with Crippen LogP contribution in [0.4, 0.5) is 0 Å². The molecule has 2 heterocycles. The summed E-state index contributed by atoms with van der Waals surface area (Å²) >= 11 is 0. The molecule has 1 aliphatic heterocycles. The van der Waals surface area contributed by atoms with Gasteiger partial charge in [0.1, 0.15) is 0 Å². The molecule has 2 rings (SSSR count). The van der Waals surface area contributed by atoms with Crippen LogP contribution in [0.1, 0.15) is 44.8 Å². The molecule has 0 radical (unpaired) electrons. The van der Waals surface area contributed by atoms with E-state index in [4.69, 9.17) is 10.6 Å². The first-order chi connectivity index (χ1) is 8.74. The third-order valence-corrected chi connectivity index (χ3v) is 3.76. The predicted octanol–water partition coefficient (Wildman–Crippen LogP) is 1.41. The van der Waals surface area contributed by atoms with Crippen molar-refractivity contribution in [2.45, 2.75) is 57.7 Å². The predicted molar refractivity (Wildman–Crippen MR) is 71.0 cm³/mol. The van der Waals surface area contributed by atoms with Crippen molar-refractivity contribution in [3.8, 4) is 0 Å². The lowest BCUT2D eigenvalue weighted by Crippen LogP contribution is -2.45. The van der Waals surface area contributed by atoms with Gasteiger partial charge in [0, 0.05) is 25.3 Å². The van der Waals surface area contributed by atoms with E-state index in [0.29, 0.717) is 6.04 Å². The molecule has 1 saturated heterocycles. The van der Waals surface area contributed by atoms with Crippen molar-refractivity contribution in [2.24, 2.45) is 5.84 Å². The number of nitrogens with one attached hydrogen (secondary N) is 1. The van der Waals surface area contributed by atoms with Crippen LogP contribution >= 0.6 is 0 Å². The number of hydrogen-bond acceptors (Lipinski definition) is 4. The molecule has 0 aliphatic carbocycles. The number of ether oxygens (including phenoxy) is 1. The first kappa shape index (κ1) is 13.5. The Morgan fingerprint density at radius 3 is 3.11 bits per heavy atom. The van der Waals surface area contributed by atoms with E-state index in [9.17, 15) is 0 Å². The van der Waals surface area contributed by atoms with Gasteiger partial charge in [0.05, 0.1) is 17.8 Å².